The van der Waals surface area contributed by atoms with E-state index in [0.29, 0.717) is 0 Å². The Balaban J connectivity index is 2.80. The largest absolute Gasteiger partial charge is 0.459 e. The number of hydrogen-bond donors (Lipinski definition) is 2. The maximum Gasteiger partial charge on any atom is 0.325 e. The number of carbonyl (C=O) groups excluding carboxylic acids is 2. The highest BCUT2D eigenvalue weighted by molar-refractivity contribution is 9.10. The number of rotatable bonds is 10. The van der Waals surface area contributed by atoms with E-state index in [2.05, 4.69) is 20.7 Å². The van der Waals surface area contributed by atoms with Gasteiger partial charge in [-0.2, -0.15) is 4.72 Å². The summed E-state index contributed by atoms with van der Waals surface area (Å²) in [7, 11) is -1.50. The van der Waals surface area contributed by atoms with Crippen LogP contribution >= 0.6 is 37.5 Å². The van der Waals surface area contributed by atoms with Gasteiger partial charge in [-0.25, -0.2) is 8.42 Å². The van der Waals surface area contributed by atoms with Crippen molar-refractivity contribution in [1.29, 1.82) is 0 Å². The van der Waals surface area contributed by atoms with Gasteiger partial charge in [0, 0.05) is 16.0 Å². The van der Waals surface area contributed by atoms with Crippen LogP contribution < -0.4 is 10.5 Å². The van der Waals surface area contributed by atoms with E-state index in [9.17, 15) is 18.0 Å². The molecule has 3 N–H and O–H groups in total. The van der Waals surface area contributed by atoms with Crippen molar-refractivity contribution in [3.05, 3.63) is 28.7 Å². The second kappa shape index (κ2) is 12.1. The van der Waals surface area contributed by atoms with Crippen molar-refractivity contribution >= 4 is 59.5 Å². The third-order valence-electron chi connectivity index (χ3n) is 3.39. The highest BCUT2D eigenvalue weighted by Crippen LogP contribution is 2.25. The average molecular weight is 572 g/mol. The first kappa shape index (κ1) is 29.2. The third kappa shape index (κ3) is 11.4. The van der Waals surface area contributed by atoms with E-state index in [4.69, 9.17) is 15.2 Å². The van der Waals surface area contributed by atoms with Crippen LogP contribution in [-0.2, 0) is 29.1 Å². The molecule has 8 nitrogen and oxygen atoms in total. The molecule has 0 saturated heterocycles. The Morgan fingerprint density at radius 3 is 1.94 bits per heavy atom. The zero-order valence-electron chi connectivity index (χ0n) is 19.0. The van der Waals surface area contributed by atoms with E-state index in [1.54, 1.807) is 53.7 Å². The van der Waals surface area contributed by atoms with Crippen LogP contribution in [0.2, 0.25) is 0 Å². The van der Waals surface area contributed by atoms with Crippen molar-refractivity contribution in [2.45, 2.75) is 69.7 Å². The Labute approximate surface area is 206 Å². The lowest BCUT2D eigenvalue weighted by Gasteiger charge is -2.24. The number of halogens is 1. The van der Waals surface area contributed by atoms with Gasteiger partial charge >= 0.3 is 11.9 Å². The molecule has 0 bridgehead atoms. The van der Waals surface area contributed by atoms with Gasteiger partial charge in [-0.3, -0.25) is 9.59 Å². The highest BCUT2D eigenvalue weighted by atomic mass is 79.9. The predicted octanol–water partition coefficient (Wildman–Crippen LogP) is 3.49. The Hall–Kier alpha value is -0.790. The molecule has 0 aliphatic heterocycles. The summed E-state index contributed by atoms with van der Waals surface area (Å²) < 4.78 is 39.3. The van der Waals surface area contributed by atoms with E-state index in [1.165, 1.54) is 33.7 Å². The normalized spacial score (nSPS) is 14.5. The lowest BCUT2D eigenvalue weighted by atomic mass is 10.2. The first-order valence-electron chi connectivity index (χ1n) is 9.74. The van der Waals surface area contributed by atoms with Crippen LogP contribution in [0.3, 0.4) is 0 Å². The molecule has 0 unspecified atom stereocenters. The van der Waals surface area contributed by atoms with Gasteiger partial charge in [-0.15, -0.1) is 0 Å². The van der Waals surface area contributed by atoms with Crippen molar-refractivity contribution in [2.24, 2.45) is 5.73 Å². The number of carbonyl (C=O) groups is 2. The van der Waals surface area contributed by atoms with Crippen molar-refractivity contribution < 1.29 is 27.5 Å². The van der Waals surface area contributed by atoms with Crippen LogP contribution in [0, 0.1) is 0 Å². The van der Waals surface area contributed by atoms with Crippen LogP contribution in [0.25, 0.3) is 0 Å². The number of esters is 2. The number of hydrogen-bond acceptors (Lipinski definition) is 9. The minimum Gasteiger partial charge on any atom is -0.459 e. The maximum absolute atomic E-state index is 12.8. The van der Waals surface area contributed by atoms with E-state index < -0.39 is 45.2 Å². The summed E-state index contributed by atoms with van der Waals surface area (Å²) >= 11 is 3.26. The average Bonchev–Trinajstić information content (AvgIpc) is 2.61. The first-order chi connectivity index (χ1) is 14.5. The van der Waals surface area contributed by atoms with Gasteiger partial charge in [0.25, 0.3) is 0 Å². The molecule has 0 fully saturated rings. The summed E-state index contributed by atoms with van der Waals surface area (Å²) in [6.45, 7) is 10.4. The van der Waals surface area contributed by atoms with E-state index in [-0.39, 0.29) is 16.4 Å². The summed E-state index contributed by atoms with van der Waals surface area (Å²) in [5.74, 6) is -0.899. The fraction of sp³-hybridized carbons (Fsp3) is 0.600. The third-order valence-corrected chi connectivity index (χ3v) is 7.85. The fourth-order valence-electron chi connectivity index (χ4n) is 2.08. The zero-order valence-corrected chi connectivity index (χ0v) is 23.0. The lowest BCUT2D eigenvalue weighted by molar-refractivity contribution is -0.157. The molecular formula is C20H31BrN2O6S3. The molecule has 0 heterocycles. The van der Waals surface area contributed by atoms with Gasteiger partial charge < -0.3 is 15.2 Å². The van der Waals surface area contributed by atoms with Crippen LogP contribution in [-0.4, -0.2) is 55.1 Å². The van der Waals surface area contributed by atoms with Crippen LogP contribution in [0.5, 0.6) is 0 Å². The zero-order chi connectivity index (χ0) is 24.7. The fourth-order valence-corrected chi connectivity index (χ4v) is 5.89. The van der Waals surface area contributed by atoms with Crippen LogP contribution in [0.4, 0.5) is 0 Å². The number of sulfonamides is 1. The van der Waals surface area contributed by atoms with Gasteiger partial charge in [0.15, 0.2) is 0 Å². The summed E-state index contributed by atoms with van der Waals surface area (Å²) in [4.78, 5) is 24.6. The molecule has 0 aromatic heterocycles. The molecule has 32 heavy (non-hydrogen) atoms. The van der Waals surface area contributed by atoms with Crippen molar-refractivity contribution in [2.75, 3.05) is 11.5 Å². The van der Waals surface area contributed by atoms with Gasteiger partial charge in [0.2, 0.25) is 10.0 Å². The van der Waals surface area contributed by atoms with Crippen molar-refractivity contribution in [3.63, 3.8) is 0 Å². The highest BCUT2D eigenvalue weighted by Gasteiger charge is 2.30. The number of ether oxygens (including phenoxy) is 2. The molecule has 1 rings (SSSR count). The summed E-state index contributed by atoms with van der Waals surface area (Å²) in [5.41, 5.74) is 4.44. The molecular weight excluding hydrogens is 540 g/mol. The van der Waals surface area contributed by atoms with Crippen molar-refractivity contribution in [3.8, 4) is 0 Å². The number of nitrogens with one attached hydrogen (secondary N) is 1. The Kier molecular flexibility index (Phi) is 11.0. The lowest BCUT2D eigenvalue weighted by Crippen LogP contribution is -2.45. The molecule has 1 aromatic rings. The van der Waals surface area contributed by atoms with Gasteiger partial charge in [0.1, 0.15) is 23.3 Å². The van der Waals surface area contributed by atoms with Gasteiger partial charge in [-0.1, -0.05) is 37.5 Å². The number of nitrogens with two attached hydrogens (primary N) is 1. The smallest absolute Gasteiger partial charge is 0.325 e. The molecule has 12 heteroatoms. The van der Waals surface area contributed by atoms with Crippen molar-refractivity contribution in [1.82, 2.24) is 4.72 Å². The molecule has 0 amide bonds. The monoisotopic (exact) mass is 570 g/mol. The van der Waals surface area contributed by atoms with Crippen LogP contribution in [0.1, 0.15) is 41.5 Å². The summed E-state index contributed by atoms with van der Waals surface area (Å²) in [6, 6.07) is 4.09. The SMILES string of the molecule is CC(C)(C)OC(=O)[C@H](CSSC[C@H](N)C(=O)OC(C)(C)C)NS(=O)(=O)c1ccc(Br)cc1. The second-order valence-corrected chi connectivity index (χ2v) is 14.1. The Morgan fingerprint density at radius 1 is 0.969 bits per heavy atom. The Bertz CT molecular complexity index is 880. The Morgan fingerprint density at radius 2 is 1.44 bits per heavy atom. The van der Waals surface area contributed by atoms with Gasteiger partial charge in [-0.05, 0) is 65.8 Å². The molecule has 0 saturated carbocycles. The quantitative estimate of drug-likeness (QED) is 0.247. The van der Waals surface area contributed by atoms with Gasteiger partial charge in [0.05, 0.1) is 4.90 Å². The molecule has 182 valence electrons. The maximum atomic E-state index is 12.8. The molecule has 0 radical (unpaired) electrons. The van der Waals surface area contributed by atoms with E-state index >= 15 is 0 Å². The van der Waals surface area contributed by atoms with E-state index in [1.807, 2.05) is 0 Å². The molecule has 2 atom stereocenters. The minimum atomic E-state index is -3.96. The molecule has 0 aliphatic carbocycles. The number of benzene rings is 1. The standard InChI is InChI=1S/C20H31BrN2O6S3/c1-19(2,3)28-17(24)15(22)11-30-31-12-16(18(25)29-20(4,5)6)23-32(26,27)14-9-7-13(21)8-10-14/h7-10,15-16,23H,11-12,22H2,1-6H3/t15-,16-/m0/s1. The topological polar surface area (TPSA) is 125 Å². The first-order valence-corrected chi connectivity index (χ1v) is 14.5. The molecule has 0 spiro atoms. The van der Waals surface area contributed by atoms with Crippen LogP contribution in [0.15, 0.2) is 33.6 Å². The molecule has 0 aliphatic rings. The second-order valence-electron chi connectivity index (χ2n) is 8.87. The predicted molar refractivity (Wildman–Crippen MR) is 133 cm³/mol. The minimum absolute atomic E-state index is 0.0267. The summed E-state index contributed by atoms with van der Waals surface area (Å²) in [5, 5.41) is 0. The van der Waals surface area contributed by atoms with E-state index in [0.717, 1.165) is 4.47 Å². The summed E-state index contributed by atoms with van der Waals surface area (Å²) in [6.07, 6.45) is 0. The molecule has 1 aromatic carbocycles.